The molecular weight excluding hydrogens is 258 g/mol. The van der Waals surface area contributed by atoms with Crippen LogP contribution in [0.15, 0.2) is 0 Å². The van der Waals surface area contributed by atoms with Crippen molar-refractivity contribution in [3.63, 3.8) is 0 Å². The number of likely N-dealkylation sites (N-methyl/N-ethyl adjacent to an activating group) is 1. The lowest BCUT2D eigenvalue weighted by molar-refractivity contribution is -0.870. The Kier molecular flexibility index (Phi) is 7.33. The van der Waals surface area contributed by atoms with Crippen LogP contribution in [0.2, 0.25) is 0 Å². The van der Waals surface area contributed by atoms with Crippen LogP contribution in [0.3, 0.4) is 0 Å². The van der Waals surface area contributed by atoms with E-state index in [1.807, 2.05) is 0 Å². The molecule has 0 aromatic carbocycles. The van der Waals surface area contributed by atoms with Crippen LogP contribution in [-0.2, 0) is 0 Å². The van der Waals surface area contributed by atoms with Gasteiger partial charge in [-0.1, -0.05) is 0 Å². The van der Waals surface area contributed by atoms with E-state index in [2.05, 4.69) is 21.1 Å². The Hall–Kier alpha value is -0.320. The molecule has 0 aromatic heterocycles. The normalized spacial score (nSPS) is 39.5. The third-order valence-electron chi connectivity index (χ3n) is 2.87. The van der Waals surface area contributed by atoms with Gasteiger partial charge in [0.25, 0.3) is 0 Å². The Labute approximate surface area is 112 Å². The van der Waals surface area contributed by atoms with Gasteiger partial charge < -0.3 is 40.2 Å². The van der Waals surface area contributed by atoms with Crippen molar-refractivity contribution in [3.8, 4) is 0 Å². The molecule has 0 radical (unpaired) electrons. The standard InChI is InChI=1S/C6H12O6.C5H14NO/c7-1-2(8)4(10)6(12)5(11)3(1)9;1-6(2,3)4-5-7/h1-12H;7H,4-5H2,1-3H3/q;+1. The molecule has 116 valence electrons. The van der Waals surface area contributed by atoms with Gasteiger partial charge in [0.1, 0.15) is 43.2 Å². The fourth-order valence-corrected chi connectivity index (χ4v) is 1.51. The Morgan fingerprint density at radius 1 is 0.632 bits per heavy atom. The predicted molar refractivity (Wildman–Crippen MR) is 66.0 cm³/mol. The highest BCUT2D eigenvalue weighted by atomic mass is 16.4. The summed E-state index contributed by atoms with van der Waals surface area (Å²) in [4.78, 5) is 0. The maximum Gasteiger partial charge on any atom is 0.111 e. The zero-order valence-corrected chi connectivity index (χ0v) is 11.5. The van der Waals surface area contributed by atoms with Gasteiger partial charge in [-0.2, -0.15) is 0 Å². The van der Waals surface area contributed by atoms with E-state index in [0.29, 0.717) is 0 Å². The highest BCUT2D eigenvalue weighted by molar-refractivity contribution is 4.98. The molecule has 0 saturated heterocycles. The third-order valence-corrected chi connectivity index (χ3v) is 2.87. The number of quaternary nitrogens is 1. The summed E-state index contributed by atoms with van der Waals surface area (Å²) in [5.41, 5.74) is 0. The van der Waals surface area contributed by atoms with Gasteiger partial charge in [0.05, 0.1) is 27.7 Å². The van der Waals surface area contributed by atoms with Gasteiger partial charge in [-0.25, -0.2) is 0 Å². The van der Waals surface area contributed by atoms with E-state index in [1.165, 1.54) is 0 Å². The number of aliphatic hydroxyl groups excluding tert-OH is 7. The quantitative estimate of drug-likeness (QED) is 0.255. The van der Waals surface area contributed by atoms with E-state index in [4.69, 9.17) is 35.7 Å². The van der Waals surface area contributed by atoms with Crippen molar-refractivity contribution in [2.75, 3.05) is 34.3 Å². The highest BCUT2D eigenvalue weighted by Gasteiger charge is 2.47. The van der Waals surface area contributed by atoms with Gasteiger partial charge in [0.2, 0.25) is 0 Å². The van der Waals surface area contributed by atoms with Gasteiger partial charge >= 0.3 is 0 Å². The zero-order valence-electron chi connectivity index (χ0n) is 11.5. The average Bonchev–Trinajstić information content (AvgIpc) is 2.31. The van der Waals surface area contributed by atoms with Gasteiger partial charge in [-0.15, -0.1) is 0 Å². The van der Waals surface area contributed by atoms with Gasteiger partial charge in [-0.3, -0.25) is 0 Å². The molecule has 1 aliphatic rings. The summed E-state index contributed by atoms with van der Waals surface area (Å²) in [5, 5.41) is 62.2. The lowest BCUT2D eigenvalue weighted by Gasteiger charge is -2.39. The maximum absolute atomic E-state index is 8.97. The van der Waals surface area contributed by atoms with Crippen LogP contribution in [0.5, 0.6) is 0 Å². The smallest absolute Gasteiger partial charge is 0.111 e. The minimum atomic E-state index is -1.64. The van der Waals surface area contributed by atoms with Crippen molar-refractivity contribution in [1.82, 2.24) is 0 Å². The van der Waals surface area contributed by atoms with Crippen LogP contribution in [0.1, 0.15) is 0 Å². The van der Waals surface area contributed by atoms with Crippen LogP contribution >= 0.6 is 0 Å². The summed E-state index contributed by atoms with van der Waals surface area (Å²) in [5.74, 6) is 0. The molecule has 7 N–H and O–H groups in total. The predicted octanol–water partition coefficient (Wildman–Crippen LogP) is -4.15. The molecule has 0 spiro atoms. The van der Waals surface area contributed by atoms with Crippen LogP contribution in [0, 0.1) is 0 Å². The van der Waals surface area contributed by atoms with Crippen LogP contribution in [0.4, 0.5) is 0 Å². The fraction of sp³-hybridized carbons (Fsp3) is 1.00. The topological polar surface area (TPSA) is 142 Å². The van der Waals surface area contributed by atoms with Crippen molar-refractivity contribution < 1.29 is 40.2 Å². The summed E-state index contributed by atoms with van der Waals surface area (Å²) in [6.45, 7) is 1.11. The van der Waals surface area contributed by atoms with Gasteiger partial charge in [-0.05, 0) is 0 Å². The number of hydrogen-bond acceptors (Lipinski definition) is 7. The van der Waals surface area contributed by atoms with Crippen molar-refractivity contribution in [1.29, 1.82) is 0 Å². The molecule has 19 heavy (non-hydrogen) atoms. The first kappa shape index (κ1) is 18.7. The van der Waals surface area contributed by atoms with Gasteiger partial charge in [0, 0.05) is 0 Å². The zero-order chi connectivity index (χ0) is 15.4. The van der Waals surface area contributed by atoms with Crippen molar-refractivity contribution in [3.05, 3.63) is 0 Å². The van der Waals surface area contributed by atoms with E-state index >= 15 is 0 Å². The number of aliphatic hydroxyl groups is 7. The van der Waals surface area contributed by atoms with Crippen LogP contribution < -0.4 is 0 Å². The molecule has 0 aromatic rings. The fourth-order valence-electron chi connectivity index (χ4n) is 1.51. The van der Waals surface area contributed by atoms with E-state index in [0.717, 1.165) is 11.0 Å². The maximum atomic E-state index is 8.97. The van der Waals surface area contributed by atoms with E-state index in [1.54, 1.807) is 0 Å². The van der Waals surface area contributed by atoms with E-state index in [-0.39, 0.29) is 6.61 Å². The molecule has 1 rings (SSSR count). The monoisotopic (exact) mass is 284 g/mol. The van der Waals surface area contributed by atoms with E-state index < -0.39 is 36.6 Å². The largest absolute Gasteiger partial charge is 0.391 e. The Bertz CT molecular complexity index is 199. The molecule has 8 heteroatoms. The van der Waals surface area contributed by atoms with Gasteiger partial charge in [0.15, 0.2) is 0 Å². The minimum Gasteiger partial charge on any atom is -0.391 e. The number of hydrogen-bond donors (Lipinski definition) is 7. The number of rotatable bonds is 2. The molecule has 0 bridgehead atoms. The second-order valence-electron chi connectivity index (χ2n) is 5.68. The lowest BCUT2D eigenvalue weighted by Crippen LogP contribution is -2.63. The Morgan fingerprint density at radius 2 is 0.842 bits per heavy atom. The number of nitrogens with zero attached hydrogens (tertiary/aromatic N) is 1. The summed E-state index contributed by atoms with van der Waals surface area (Å²) in [6.07, 6.45) is -9.84. The summed E-state index contributed by atoms with van der Waals surface area (Å²) >= 11 is 0. The first-order valence-corrected chi connectivity index (χ1v) is 6.02. The Balaban J connectivity index is 0.000000399. The Morgan fingerprint density at radius 3 is 0.895 bits per heavy atom. The summed E-state index contributed by atoms with van der Waals surface area (Å²) < 4.78 is 0.844. The highest BCUT2D eigenvalue weighted by Crippen LogP contribution is 2.20. The SMILES string of the molecule is C[N+](C)(C)CCO.OC1C(O)C(O)C(O)C(O)C1O. The minimum absolute atomic E-state index is 0.281. The molecule has 1 fully saturated rings. The van der Waals surface area contributed by atoms with E-state index in [9.17, 15) is 0 Å². The first-order chi connectivity index (χ1) is 8.52. The molecule has 0 unspecified atom stereocenters. The second-order valence-corrected chi connectivity index (χ2v) is 5.68. The third kappa shape index (κ3) is 5.67. The summed E-state index contributed by atoms with van der Waals surface area (Å²) in [7, 11) is 6.16. The summed E-state index contributed by atoms with van der Waals surface area (Å²) in [6, 6.07) is 0. The van der Waals surface area contributed by atoms with Crippen LogP contribution in [-0.4, -0.2) is 111 Å². The lowest BCUT2D eigenvalue weighted by atomic mass is 9.85. The molecule has 0 amide bonds. The van der Waals surface area contributed by atoms with Crippen molar-refractivity contribution in [2.45, 2.75) is 36.6 Å². The first-order valence-electron chi connectivity index (χ1n) is 6.02. The molecule has 1 aliphatic carbocycles. The molecule has 1 saturated carbocycles. The van der Waals surface area contributed by atoms with Crippen LogP contribution in [0.25, 0.3) is 0 Å². The molecular formula is C11H26NO7+. The molecule has 0 aliphatic heterocycles. The van der Waals surface area contributed by atoms with Crippen molar-refractivity contribution in [2.24, 2.45) is 0 Å². The average molecular weight is 284 g/mol. The molecule has 8 nitrogen and oxygen atoms in total. The molecule has 0 heterocycles. The molecule has 0 atom stereocenters. The second kappa shape index (κ2) is 7.46. The van der Waals surface area contributed by atoms with Crippen molar-refractivity contribution >= 4 is 0 Å².